The molecular weight excluding hydrogens is 222 g/mol. The van der Waals surface area contributed by atoms with Crippen molar-refractivity contribution in [2.75, 3.05) is 29.9 Å². The van der Waals surface area contributed by atoms with Crippen LogP contribution in [0.4, 0.5) is 11.5 Å². The van der Waals surface area contributed by atoms with Crippen molar-refractivity contribution in [1.29, 1.82) is 0 Å². The predicted molar refractivity (Wildman–Crippen MR) is 76.1 cm³/mol. The fourth-order valence-corrected chi connectivity index (χ4v) is 3.10. The largest absolute Gasteiger partial charge is 0.384 e. The first-order valence-corrected chi connectivity index (χ1v) is 7.37. The average molecular weight is 245 g/mol. The smallest absolute Gasteiger partial charge is 0.128 e. The van der Waals surface area contributed by atoms with E-state index >= 15 is 0 Å². The van der Waals surface area contributed by atoms with E-state index in [0.717, 1.165) is 18.3 Å². The molecule has 0 bridgehead atoms. The number of hydrogen-bond acceptors (Lipinski definition) is 3. The summed E-state index contributed by atoms with van der Waals surface area (Å²) in [4.78, 5) is 6.95. The summed E-state index contributed by atoms with van der Waals surface area (Å²) in [5.41, 5.74) is 1.17. The number of anilines is 2. The molecule has 0 amide bonds. The second-order valence-electron chi connectivity index (χ2n) is 5.63. The maximum atomic E-state index is 4.57. The van der Waals surface area contributed by atoms with E-state index in [1.54, 1.807) is 0 Å². The van der Waals surface area contributed by atoms with Crippen LogP contribution in [0.2, 0.25) is 0 Å². The maximum Gasteiger partial charge on any atom is 0.128 e. The minimum atomic E-state index is 0.878. The lowest BCUT2D eigenvalue weighted by Crippen LogP contribution is -2.19. The van der Waals surface area contributed by atoms with Gasteiger partial charge in [0.1, 0.15) is 5.82 Å². The van der Waals surface area contributed by atoms with Crippen LogP contribution in [0.15, 0.2) is 18.3 Å². The number of nitrogens with zero attached hydrogens (tertiary/aromatic N) is 2. The van der Waals surface area contributed by atoms with Crippen molar-refractivity contribution in [3.05, 3.63) is 18.3 Å². The van der Waals surface area contributed by atoms with Crippen molar-refractivity contribution in [3.8, 4) is 0 Å². The lowest BCUT2D eigenvalue weighted by atomic mass is 10.1. The van der Waals surface area contributed by atoms with Crippen LogP contribution < -0.4 is 10.2 Å². The topological polar surface area (TPSA) is 28.2 Å². The highest BCUT2D eigenvalue weighted by Gasteiger charge is 2.15. The molecule has 1 aliphatic carbocycles. The molecule has 1 N–H and O–H groups in total. The van der Waals surface area contributed by atoms with Gasteiger partial charge in [-0.05, 0) is 43.7 Å². The third kappa shape index (κ3) is 2.77. The molecule has 2 aliphatic rings. The molecule has 1 aliphatic heterocycles. The van der Waals surface area contributed by atoms with Gasteiger partial charge >= 0.3 is 0 Å². The van der Waals surface area contributed by atoms with Crippen LogP contribution in [0.25, 0.3) is 0 Å². The van der Waals surface area contributed by atoms with Crippen LogP contribution in [0, 0.1) is 5.92 Å². The second kappa shape index (κ2) is 5.59. The molecule has 0 spiro atoms. The molecule has 2 fully saturated rings. The molecule has 1 saturated carbocycles. The van der Waals surface area contributed by atoms with Gasteiger partial charge in [-0.1, -0.05) is 12.8 Å². The summed E-state index contributed by atoms with van der Waals surface area (Å²) in [6.07, 6.45) is 10.2. The molecular formula is C15H23N3. The van der Waals surface area contributed by atoms with Crippen molar-refractivity contribution in [3.63, 3.8) is 0 Å². The fourth-order valence-electron chi connectivity index (χ4n) is 3.10. The van der Waals surface area contributed by atoms with Crippen LogP contribution >= 0.6 is 0 Å². The summed E-state index contributed by atoms with van der Waals surface area (Å²) in [5.74, 6) is 2.02. The first kappa shape index (κ1) is 11.8. The first-order chi connectivity index (χ1) is 8.92. The maximum absolute atomic E-state index is 4.57. The minimum absolute atomic E-state index is 0.878. The third-order valence-electron chi connectivity index (χ3n) is 4.25. The summed E-state index contributed by atoms with van der Waals surface area (Å²) in [5, 5.41) is 3.52. The van der Waals surface area contributed by atoms with Gasteiger partial charge in [0, 0.05) is 19.6 Å². The van der Waals surface area contributed by atoms with E-state index in [9.17, 15) is 0 Å². The Kier molecular flexibility index (Phi) is 3.67. The van der Waals surface area contributed by atoms with Gasteiger partial charge in [0.05, 0.1) is 11.9 Å². The van der Waals surface area contributed by atoms with Crippen LogP contribution in [0.5, 0.6) is 0 Å². The van der Waals surface area contributed by atoms with Crippen LogP contribution in [-0.4, -0.2) is 24.6 Å². The number of pyridine rings is 1. The lowest BCUT2D eigenvalue weighted by Gasteiger charge is -2.17. The second-order valence-corrected chi connectivity index (χ2v) is 5.63. The normalized spacial score (nSPS) is 20.6. The number of nitrogens with one attached hydrogen (secondary N) is 1. The summed E-state index contributed by atoms with van der Waals surface area (Å²) in [7, 11) is 0. The predicted octanol–water partition coefficient (Wildman–Crippen LogP) is 3.28. The Morgan fingerprint density at radius 3 is 2.56 bits per heavy atom. The fraction of sp³-hybridized carbons (Fsp3) is 0.667. The number of hydrogen-bond donors (Lipinski definition) is 1. The van der Waals surface area contributed by atoms with Gasteiger partial charge < -0.3 is 10.2 Å². The van der Waals surface area contributed by atoms with Gasteiger partial charge in [-0.15, -0.1) is 0 Å². The number of rotatable bonds is 4. The molecule has 1 aromatic heterocycles. The highest BCUT2D eigenvalue weighted by molar-refractivity contribution is 5.49. The Hall–Kier alpha value is -1.25. The standard InChI is InChI=1S/C15H23N3/c1-2-6-13(5-1)11-16-14-7-8-15(17-12-14)18-9-3-4-10-18/h7-8,12-13,16H,1-6,9-11H2. The Labute approximate surface area is 110 Å². The molecule has 0 atom stereocenters. The zero-order valence-electron chi connectivity index (χ0n) is 11.1. The van der Waals surface area contributed by atoms with Crippen LogP contribution in [0.1, 0.15) is 38.5 Å². The molecule has 18 heavy (non-hydrogen) atoms. The average Bonchev–Trinajstić information content (AvgIpc) is 3.10. The van der Waals surface area contributed by atoms with E-state index in [2.05, 4.69) is 27.3 Å². The van der Waals surface area contributed by atoms with E-state index in [1.165, 1.54) is 57.3 Å². The van der Waals surface area contributed by atoms with Gasteiger partial charge in [0.2, 0.25) is 0 Å². The Morgan fingerprint density at radius 1 is 1.11 bits per heavy atom. The Balaban J connectivity index is 1.53. The van der Waals surface area contributed by atoms with Gasteiger partial charge in [0.25, 0.3) is 0 Å². The quantitative estimate of drug-likeness (QED) is 0.882. The summed E-state index contributed by atoms with van der Waals surface area (Å²) >= 11 is 0. The summed E-state index contributed by atoms with van der Waals surface area (Å²) in [6.45, 7) is 3.45. The zero-order chi connectivity index (χ0) is 12.2. The summed E-state index contributed by atoms with van der Waals surface area (Å²) < 4.78 is 0. The molecule has 1 saturated heterocycles. The molecule has 3 rings (SSSR count). The van der Waals surface area contributed by atoms with E-state index in [1.807, 2.05) is 6.20 Å². The molecule has 0 aromatic carbocycles. The molecule has 1 aromatic rings. The van der Waals surface area contributed by atoms with Crippen LogP contribution in [-0.2, 0) is 0 Å². The van der Waals surface area contributed by atoms with Crippen molar-refractivity contribution in [2.45, 2.75) is 38.5 Å². The summed E-state index contributed by atoms with van der Waals surface area (Å²) in [6, 6.07) is 4.33. The molecule has 3 nitrogen and oxygen atoms in total. The molecule has 3 heteroatoms. The lowest BCUT2D eigenvalue weighted by molar-refractivity contribution is 0.580. The van der Waals surface area contributed by atoms with E-state index in [-0.39, 0.29) is 0 Å². The molecule has 2 heterocycles. The van der Waals surface area contributed by atoms with Crippen LogP contribution in [0.3, 0.4) is 0 Å². The van der Waals surface area contributed by atoms with Gasteiger partial charge in [-0.3, -0.25) is 0 Å². The third-order valence-corrected chi connectivity index (χ3v) is 4.25. The van der Waals surface area contributed by atoms with Gasteiger partial charge in [-0.2, -0.15) is 0 Å². The minimum Gasteiger partial charge on any atom is -0.384 e. The van der Waals surface area contributed by atoms with E-state index < -0.39 is 0 Å². The van der Waals surface area contributed by atoms with Crippen molar-refractivity contribution >= 4 is 11.5 Å². The zero-order valence-corrected chi connectivity index (χ0v) is 11.1. The first-order valence-electron chi connectivity index (χ1n) is 7.37. The van der Waals surface area contributed by atoms with E-state index in [4.69, 9.17) is 0 Å². The Bertz CT molecular complexity index is 362. The molecule has 98 valence electrons. The number of aromatic nitrogens is 1. The SMILES string of the molecule is c1cc(N2CCCC2)ncc1NCC1CCCC1. The van der Waals surface area contributed by atoms with Crippen molar-refractivity contribution < 1.29 is 0 Å². The molecule has 0 radical (unpaired) electrons. The van der Waals surface area contributed by atoms with Gasteiger partial charge in [-0.25, -0.2) is 4.98 Å². The van der Waals surface area contributed by atoms with Gasteiger partial charge in [0.15, 0.2) is 0 Å². The van der Waals surface area contributed by atoms with Crippen molar-refractivity contribution in [1.82, 2.24) is 4.98 Å². The molecule has 0 unspecified atom stereocenters. The monoisotopic (exact) mass is 245 g/mol. The Morgan fingerprint density at radius 2 is 1.89 bits per heavy atom. The van der Waals surface area contributed by atoms with E-state index in [0.29, 0.717) is 0 Å². The highest BCUT2D eigenvalue weighted by atomic mass is 15.2. The van der Waals surface area contributed by atoms with Crippen molar-refractivity contribution in [2.24, 2.45) is 5.92 Å². The highest BCUT2D eigenvalue weighted by Crippen LogP contribution is 2.25.